The number of hydrogen-bond donors (Lipinski definition) is 2. The van der Waals surface area contributed by atoms with E-state index < -0.39 is 67.8 Å². The van der Waals surface area contributed by atoms with Crippen molar-refractivity contribution in [3.05, 3.63) is 62.5 Å². The molecular formula is C15H6ClF4N3O3. The number of carbonyl (C=O) groups is 1. The van der Waals surface area contributed by atoms with E-state index in [9.17, 15) is 27.2 Å². The van der Waals surface area contributed by atoms with Crippen LogP contribution in [0.15, 0.2) is 23.1 Å². The molecule has 0 atom stereocenters. The molecule has 1 aromatic carbocycles. The molecular weight excluding hydrogens is 382 g/mol. The molecule has 0 unspecified atom stereocenters. The molecule has 0 bridgehead atoms. The lowest BCUT2D eigenvalue weighted by atomic mass is 10.1. The summed E-state index contributed by atoms with van der Waals surface area (Å²) in [6.45, 7) is 0. The van der Waals surface area contributed by atoms with Gasteiger partial charge in [0.1, 0.15) is 5.56 Å². The van der Waals surface area contributed by atoms with Gasteiger partial charge in [-0.2, -0.15) is 0 Å². The van der Waals surface area contributed by atoms with Crippen molar-refractivity contribution >= 4 is 34.3 Å². The number of hydrogen-bond acceptors (Lipinski definition) is 4. The number of carboxylic acids is 1. The number of carboxylic acid groups (broad SMARTS) is 1. The molecule has 0 amide bonds. The molecule has 0 aliphatic rings. The largest absolute Gasteiger partial charge is 0.477 e. The third kappa shape index (κ3) is 2.54. The maximum absolute atomic E-state index is 14.2. The van der Waals surface area contributed by atoms with Crippen LogP contribution in [-0.4, -0.2) is 20.6 Å². The normalized spacial score (nSPS) is 11.1. The topological polar surface area (TPSA) is 98.2 Å². The lowest BCUT2D eigenvalue weighted by molar-refractivity contribution is 0.0695. The predicted octanol–water partition coefficient (Wildman–Crippen LogP) is 2.88. The van der Waals surface area contributed by atoms with E-state index in [2.05, 4.69) is 4.98 Å². The van der Waals surface area contributed by atoms with E-state index in [1.165, 1.54) is 0 Å². The Morgan fingerprint density at radius 2 is 1.81 bits per heavy atom. The maximum atomic E-state index is 14.2. The summed E-state index contributed by atoms with van der Waals surface area (Å²) in [5.74, 6) is -8.13. The van der Waals surface area contributed by atoms with Gasteiger partial charge in [0.15, 0.2) is 34.1 Å². The van der Waals surface area contributed by atoms with Crippen LogP contribution < -0.4 is 11.2 Å². The van der Waals surface area contributed by atoms with Gasteiger partial charge in [0.25, 0.3) is 0 Å². The molecule has 134 valence electrons. The maximum Gasteiger partial charge on any atom is 0.341 e. The molecule has 0 radical (unpaired) electrons. The molecule has 0 aliphatic carbocycles. The van der Waals surface area contributed by atoms with Crippen LogP contribution in [0, 0.1) is 23.3 Å². The molecule has 26 heavy (non-hydrogen) atoms. The molecule has 2 aromatic heterocycles. The van der Waals surface area contributed by atoms with Gasteiger partial charge < -0.3 is 10.8 Å². The summed E-state index contributed by atoms with van der Waals surface area (Å²) in [6.07, 6.45) is 0.628. The van der Waals surface area contributed by atoms with Gasteiger partial charge in [-0.1, -0.05) is 11.6 Å². The van der Waals surface area contributed by atoms with Crippen molar-refractivity contribution < 1.29 is 27.5 Å². The van der Waals surface area contributed by atoms with Crippen molar-refractivity contribution in [2.45, 2.75) is 0 Å². The van der Waals surface area contributed by atoms with Crippen LogP contribution in [0.4, 0.5) is 23.2 Å². The number of benzene rings is 1. The fourth-order valence-corrected chi connectivity index (χ4v) is 2.46. The molecule has 3 N–H and O–H groups in total. The van der Waals surface area contributed by atoms with Crippen molar-refractivity contribution in [1.29, 1.82) is 0 Å². The average molecular weight is 388 g/mol. The number of halogens is 5. The first-order valence-electron chi connectivity index (χ1n) is 6.71. The molecule has 0 saturated carbocycles. The number of nitrogen functional groups attached to an aromatic ring is 1. The van der Waals surface area contributed by atoms with Gasteiger partial charge in [-0.3, -0.25) is 9.36 Å². The first-order chi connectivity index (χ1) is 12.1. The highest BCUT2D eigenvalue weighted by Crippen LogP contribution is 2.27. The van der Waals surface area contributed by atoms with Gasteiger partial charge in [0, 0.05) is 6.20 Å². The summed E-state index contributed by atoms with van der Waals surface area (Å²) in [4.78, 5) is 27.0. The molecule has 6 nitrogen and oxygen atoms in total. The van der Waals surface area contributed by atoms with Gasteiger partial charge in [-0.25, -0.2) is 27.3 Å². The van der Waals surface area contributed by atoms with Gasteiger partial charge in [0.2, 0.25) is 5.43 Å². The Morgan fingerprint density at radius 1 is 1.15 bits per heavy atom. The Bertz CT molecular complexity index is 1160. The summed E-state index contributed by atoms with van der Waals surface area (Å²) < 4.78 is 55.6. The fraction of sp³-hybridized carbons (Fsp3) is 0. The highest BCUT2D eigenvalue weighted by atomic mass is 35.5. The summed E-state index contributed by atoms with van der Waals surface area (Å²) in [5, 5.41) is 7.87. The van der Waals surface area contributed by atoms with Crippen molar-refractivity contribution in [3.8, 4) is 5.69 Å². The van der Waals surface area contributed by atoms with Crippen LogP contribution >= 0.6 is 11.6 Å². The first kappa shape index (κ1) is 17.7. The van der Waals surface area contributed by atoms with Gasteiger partial charge in [-0.15, -0.1) is 0 Å². The highest BCUT2D eigenvalue weighted by molar-refractivity contribution is 6.29. The summed E-state index contributed by atoms with van der Waals surface area (Å²) in [7, 11) is 0. The zero-order valence-electron chi connectivity index (χ0n) is 12.4. The molecule has 0 fully saturated rings. The van der Waals surface area contributed by atoms with Crippen molar-refractivity contribution in [1.82, 2.24) is 9.55 Å². The van der Waals surface area contributed by atoms with E-state index in [1.54, 1.807) is 0 Å². The van der Waals surface area contributed by atoms with Crippen LogP contribution in [-0.2, 0) is 0 Å². The lowest BCUT2D eigenvalue weighted by Crippen LogP contribution is -2.20. The molecule has 0 spiro atoms. The third-order valence-corrected chi connectivity index (χ3v) is 3.80. The highest BCUT2D eigenvalue weighted by Gasteiger charge is 2.23. The second-order valence-corrected chi connectivity index (χ2v) is 5.46. The Labute approximate surface area is 146 Å². The first-order valence-corrected chi connectivity index (χ1v) is 7.09. The molecule has 0 saturated heterocycles. The van der Waals surface area contributed by atoms with Gasteiger partial charge in [-0.05, 0) is 12.1 Å². The second-order valence-electron chi connectivity index (χ2n) is 5.11. The smallest absolute Gasteiger partial charge is 0.341 e. The van der Waals surface area contributed by atoms with E-state index >= 15 is 0 Å². The quantitative estimate of drug-likeness (QED) is 0.305. The SMILES string of the molecule is Nc1cc(-n2cc(C(=O)O)c(=O)c3cc(F)c(Cl)nc32)c(F)c(F)c1F. The number of nitrogens with zero attached hydrogens (tertiary/aromatic N) is 2. The van der Waals surface area contributed by atoms with Crippen molar-refractivity contribution in [3.63, 3.8) is 0 Å². The second kappa shape index (κ2) is 5.99. The van der Waals surface area contributed by atoms with Crippen LogP contribution in [0.3, 0.4) is 0 Å². The molecule has 3 rings (SSSR count). The third-order valence-electron chi connectivity index (χ3n) is 3.53. The van der Waals surface area contributed by atoms with E-state index in [0.29, 0.717) is 22.9 Å². The van der Waals surface area contributed by atoms with E-state index in [4.69, 9.17) is 22.4 Å². The minimum absolute atomic E-state index is 0.476. The fourth-order valence-electron chi connectivity index (χ4n) is 2.32. The average Bonchev–Trinajstić information content (AvgIpc) is 2.58. The van der Waals surface area contributed by atoms with E-state index in [0.717, 1.165) is 0 Å². The predicted molar refractivity (Wildman–Crippen MR) is 83.6 cm³/mol. The van der Waals surface area contributed by atoms with E-state index in [1.807, 2.05) is 0 Å². The molecule has 11 heteroatoms. The Morgan fingerprint density at radius 3 is 2.42 bits per heavy atom. The van der Waals surface area contributed by atoms with Crippen LogP contribution in [0.25, 0.3) is 16.7 Å². The van der Waals surface area contributed by atoms with Crippen molar-refractivity contribution in [2.75, 3.05) is 5.73 Å². The minimum Gasteiger partial charge on any atom is -0.477 e. The summed E-state index contributed by atoms with van der Waals surface area (Å²) in [5.41, 5.74) is 1.26. The lowest BCUT2D eigenvalue weighted by Gasteiger charge is -2.14. The summed E-state index contributed by atoms with van der Waals surface area (Å²) >= 11 is 5.56. The van der Waals surface area contributed by atoms with Crippen LogP contribution in [0.1, 0.15) is 10.4 Å². The zero-order valence-corrected chi connectivity index (χ0v) is 13.1. The minimum atomic E-state index is -1.92. The Kier molecular flexibility index (Phi) is 4.07. The van der Waals surface area contributed by atoms with Crippen molar-refractivity contribution in [2.24, 2.45) is 0 Å². The van der Waals surface area contributed by atoms with Crippen LogP contribution in [0.2, 0.25) is 5.15 Å². The monoisotopic (exact) mass is 387 g/mol. The Balaban J connectivity index is 2.55. The number of fused-ring (bicyclic) bond motifs is 1. The number of aromatic carboxylic acids is 1. The number of aromatic nitrogens is 2. The van der Waals surface area contributed by atoms with E-state index in [-0.39, 0.29) is 0 Å². The number of pyridine rings is 2. The number of anilines is 1. The molecule has 0 aliphatic heterocycles. The van der Waals surface area contributed by atoms with Gasteiger partial charge >= 0.3 is 5.97 Å². The standard InChI is InChI=1S/C15H6ClF4N3O3/c16-13-6(17)1-4-12(24)5(15(25)26)3-23(14(4)22-13)8-2-7(21)9(18)11(20)10(8)19/h1-3H,21H2,(H,25,26). The number of rotatable bonds is 2. The summed E-state index contributed by atoms with van der Waals surface area (Å²) in [6, 6.07) is 1.28. The molecule has 3 aromatic rings. The molecule has 2 heterocycles. The zero-order chi connectivity index (χ0) is 19.3. The number of nitrogens with two attached hydrogens (primary N) is 1. The van der Waals surface area contributed by atoms with Gasteiger partial charge in [0.05, 0.1) is 16.8 Å². The Hall–Kier alpha value is -3.14. The van der Waals surface area contributed by atoms with Crippen LogP contribution in [0.5, 0.6) is 0 Å².